The van der Waals surface area contributed by atoms with Crippen molar-refractivity contribution in [2.45, 2.75) is 31.6 Å². The summed E-state index contributed by atoms with van der Waals surface area (Å²) in [6, 6.07) is 7.31. The second-order valence-electron chi connectivity index (χ2n) is 4.08. The van der Waals surface area contributed by atoms with E-state index in [0.717, 1.165) is 5.56 Å². The van der Waals surface area contributed by atoms with Crippen LogP contribution in [-0.2, 0) is 9.84 Å². The van der Waals surface area contributed by atoms with Crippen molar-refractivity contribution < 1.29 is 13.5 Å². The molecule has 0 aromatic heterocycles. The zero-order valence-corrected chi connectivity index (χ0v) is 10.7. The van der Waals surface area contributed by atoms with E-state index in [1.165, 1.54) is 6.26 Å². The van der Waals surface area contributed by atoms with Crippen LogP contribution in [0.15, 0.2) is 24.3 Å². The molecule has 2 atom stereocenters. The van der Waals surface area contributed by atoms with Crippen LogP contribution in [0, 0.1) is 6.92 Å². The molecule has 16 heavy (non-hydrogen) atoms. The molecular formula is C12H18O3S. The maximum Gasteiger partial charge on any atom is 0.153 e. The Hall–Kier alpha value is -0.870. The number of aliphatic hydroxyl groups excluding tert-OH is 1. The van der Waals surface area contributed by atoms with Gasteiger partial charge in [0, 0.05) is 6.26 Å². The van der Waals surface area contributed by atoms with Crippen molar-refractivity contribution in [2.75, 3.05) is 6.26 Å². The molecule has 0 unspecified atom stereocenters. The first-order chi connectivity index (χ1) is 7.38. The zero-order chi connectivity index (χ0) is 12.3. The number of hydrogen-bond donors (Lipinski definition) is 1. The third-order valence-electron chi connectivity index (χ3n) is 2.81. The summed E-state index contributed by atoms with van der Waals surface area (Å²) in [5.74, 6) is 0. The van der Waals surface area contributed by atoms with Crippen LogP contribution in [0.25, 0.3) is 0 Å². The number of rotatable bonds is 4. The number of aliphatic hydroxyl groups is 1. The van der Waals surface area contributed by atoms with Crippen molar-refractivity contribution in [1.82, 2.24) is 0 Å². The van der Waals surface area contributed by atoms with Crippen LogP contribution in [0.3, 0.4) is 0 Å². The third kappa shape index (κ3) is 2.83. The fraction of sp³-hybridized carbons (Fsp3) is 0.500. The lowest BCUT2D eigenvalue weighted by Gasteiger charge is -2.21. The fourth-order valence-corrected chi connectivity index (χ4v) is 3.10. The van der Waals surface area contributed by atoms with E-state index in [4.69, 9.17) is 0 Å². The van der Waals surface area contributed by atoms with E-state index < -0.39 is 21.2 Å². The highest BCUT2D eigenvalue weighted by Gasteiger charge is 2.28. The minimum Gasteiger partial charge on any atom is -0.387 e. The highest BCUT2D eigenvalue weighted by atomic mass is 32.2. The Balaban J connectivity index is 3.10. The van der Waals surface area contributed by atoms with Gasteiger partial charge in [0.15, 0.2) is 9.84 Å². The van der Waals surface area contributed by atoms with E-state index >= 15 is 0 Å². The monoisotopic (exact) mass is 242 g/mol. The molecule has 0 spiro atoms. The van der Waals surface area contributed by atoms with Crippen molar-refractivity contribution in [2.24, 2.45) is 0 Å². The van der Waals surface area contributed by atoms with Crippen molar-refractivity contribution in [3.8, 4) is 0 Å². The van der Waals surface area contributed by atoms with Crippen LogP contribution in [0.5, 0.6) is 0 Å². The first kappa shape index (κ1) is 13.2. The molecule has 1 N–H and O–H groups in total. The lowest BCUT2D eigenvalue weighted by Crippen LogP contribution is -2.27. The van der Waals surface area contributed by atoms with Gasteiger partial charge in [-0.2, -0.15) is 0 Å². The third-order valence-corrected chi connectivity index (χ3v) is 4.50. The maximum absolute atomic E-state index is 11.5. The van der Waals surface area contributed by atoms with Gasteiger partial charge < -0.3 is 5.11 Å². The van der Waals surface area contributed by atoms with Crippen LogP contribution < -0.4 is 0 Å². The smallest absolute Gasteiger partial charge is 0.153 e. The predicted molar refractivity (Wildman–Crippen MR) is 65.1 cm³/mol. The summed E-state index contributed by atoms with van der Waals surface area (Å²) in [6.07, 6.45) is 0.637. The minimum absolute atomic E-state index is 0.411. The van der Waals surface area contributed by atoms with Crippen molar-refractivity contribution in [3.05, 3.63) is 35.4 Å². The number of aryl methyl sites for hydroxylation is 1. The molecule has 0 aliphatic carbocycles. The van der Waals surface area contributed by atoms with Gasteiger partial charge >= 0.3 is 0 Å². The van der Waals surface area contributed by atoms with Crippen LogP contribution in [0.2, 0.25) is 0 Å². The van der Waals surface area contributed by atoms with Gasteiger partial charge in [0.05, 0.1) is 11.4 Å². The summed E-state index contributed by atoms with van der Waals surface area (Å²) in [4.78, 5) is 0. The molecule has 0 bridgehead atoms. The van der Waals surface area contributed by atoms with E-state index in [1.54, 1.807) is 19.1 Å². The molecule has 4 heteroatoms. The van der Waals surface area contributed by atoms with E-state index in [-0.39, 0.29) is 0 Å². The lowest BCUT2D eigenvalue weighted by atomic mass is 10.00. The zero-order valence-electron chi connectivity index (χ0n) is 9.84. The van der Waals surface area contributed by atoms with Gasteiger partial charge in [0.1, 0.15) is 0 Å². The molecule has 0 amide bonds. The highest BCUT2D eigenvalue weighted by Crippen LogP contribution is 2.26. The lowest BCUT2D eigenvalue weighted by molar-refractivity contribution is 0.168. The molecule has 90 valence electrons. The van der Waals surface area contributed by atoms with Gasteiger partial charge in [-0.25, -0.2) is 8.42 Å². The Morgan fingerprint density at radius 2 is 1.88 bits per heavy atom. The Morgan fingerprint density at radius 1 is 1.31 bits per heavy atom. The van der Waals surface area contributed by atoms with Crippen LogP contribution in [-0.4, -0.2) is 25.0 Å². The van der Waals surface area contributed by atoms with E-state index in [9.17, 15) is 13.5 Å². The standard InChI is InChI=1S/C12H18O3S/c1-4-11(16(3,14)15)12(13)10-8-6-5-7-9(10)2/h5-8,11-13H,4H2,1-3H3/t11-,12-/m1/s1. The number of benzene rings is 1. The summed E-state index contributed by atoms with van der Waals surface area (Å²) < 4.78 is 23.1. The Labute approximate surface area is 97.0 Å². The topological polar surface area (TPSA) is 54.4 Å². The average Bonchev–Trinajstić information content (AvgIpc) is 2.17. The first-order valence-corrected chi connectivity index (χ1v) is 7.25. The molecule has 0 aliphatic rings. The maximum atomic E-state index is 11.5. The van der Waals surface area contributed by atoms with Gasteiger partial charge in [0.25, 0.3) is 0 Å². The van der Waals surface area contributed by atoms with Gasteiger partial charge in [-0.1, -0.05) is 31.2 Å². The molecule has 0 fully saturated rings. The molecule has 3 nitrogen and oxygen atoms in total. The molecule has 0 aliphatic heterocycles. The van der Waals surface area contributed by atoms with Crippen molar-refractivity contribution in [1.29, 1.82) is 0 Å². The van der Waals surface area contributed by atoms with E-state index in [2.05, 4.69) is 0 Å². The van der Waals surface area contributed by atoms with Gasteiger partial charge in [0.2, 0.25) is 0 Å². The highest BCUT2D eigenvalue weighted by molar-refractivity contribution is 7.91. The number of hydrogen-bond acceptors (Lipinski definition) is 3. The van der Waals surface area contributed by atoms with Crippen LogP contribution >= 0.6 is 0 Å². The summed E-state index contributed by atoms with van der Waals surface area (Å²) in [6.45, 7) is 3.64. The Bertz CT molecular complexity index is 451. The van der Waals surface area contributed by atoms with E-state index in [1.807, 2.05) is 19.1 Å². The van der Waals surface area contributed by atoms with Crippen LogP contribution in [0.4, 0.5) is 0 Å². The molecular weight excluding hydrogens is 224 g/mol. The molecule has 0 saturated heterocycles. The van der Waals surface area contributed by atoms with Crippen molar-refractivity contribution in [3.63, 3.8) is 0 Å². The largest absolute Gasteiger partial charge is 0.387 e. The molecule has 1 rings (SSSR count). The SMILES string of the molecule is CC[C@H]([C@H](O)c1ccccc1C)S(C)(=O)=O. The van der Waals surface area contributed by atoms with E-state index in [0.29, 0.717) is 12.0 Å². The average molecular weight is 242 g/mol. The summed E-state index contributed by atoms with van der Waals surface area (Å²) in [5.41, 5.74) is 1.61. The number of sulfone groups is 1. The normalized spacial score (nSPS) is 15.8. The van der Waals surface area contributed by atoms with Gasteiger partial charge in [-0.3, -0.25) is 0 Å². The van der Waals surface area contributed by atoms with Crippen molar-refractivity contribution >= 4 is 9.84 Å². The summed E-state index contributed by atoms with van der Waals surface area (Å²) >= 11 is 0. The fourth-order valence-electron chi connectivity index (χ4n) is 1.88. The molecule has 1 aromatic rings. The van der Waals surface area contributed by atoms with Crippen LogP contribution in [0.1, 0.15) is 30.6 Å². The minimum atomic E-state index is -3.23. The van der Waals surface area contributed by atoms with Gasteiger partial charge in [-0.05, 0) is 24.5 Å². The predicted octanol–water partition coefficient (Wildman–Crippen LogP) is 1.85. The second kappa shape index (κ2) is 4.97. The summed E-state index contributed by atoms with van der Waals surface area (Å²) in [7, 11) is -3.23. The second-order valence-corrected chi connectivity index (χ2v) is 6.34. The summed E-state index contributed by atoms with van der Waals surface area (Å²) in [5, 5.41) is 9.39. The molecule has 1 aromatic carbocycles. The quantitative estimate of drug-likeness (QED) is 0.876. The molecule has 0 radical (unpaired) electrons. The Morgan fingerprint density at radius 3 is 2.31 bits per heavy atom. The molecule has 0 heterocycles. The van der Waals surface area contributed by atoms with Gasteiger partial charge in [-0.15, -0.1) is 0 Å². The Kier molecular flexibility index (Phi) is 4.10. The first-order valence-electron chi connectivity index (χ1n) is 5.30. The molecule has 0 saturated carbocycles.